The van der Waals surface area contributed by atoms with Crippen molar-refractivity contribution in [1.82, 2.24) is 39.3 Å². The SMILES string of the molecule is CCCN(Cc1ncc(-c2cc(F)c3c(c2)OC(c2cnc(CC)s2)n2c-3cc3cc(-c4cnc(C5CCCN5C(=O)OC(C)(C)C)[nH]4)ccc32)[nH]1)C(=O)CC(C)C. The Morgan fingerprint density at radius 3 is 2.57 bits per heavy atom. The number of hydrogen-bond acceptors (Lipinski definition) is 8. The van der Waals surface area contributed by atoms with Gasteiger partial charge in [0.15, 0.2) is 0 Å². The lowest BCUT2D eigenvalue weighted by atomic mass is 10.0. The van der Waals surface area contributed by atoms with Crippen molar-refractivity contribution in [2.75, 3.05) is 13.1 Å². The average molecular weight is 807 g/mol. The first-order chi connectivity index (χ1) is 27.8. The van der Waals surface area contributed by atoms with Gasteiger partial charge in [-0.15, -0.1) is 11.3 Å². The molecule has 12 nitrogen and oxygen atoms in total. The molecule has 2 N–H and O–H groups in total. The summed E-state index contributed by atoms with van der Waals surface area (Å²) in [5.41, 5.74) is 4.33. The monoisotopic (exact) mass is 806 g/mol. The largest absolute Gasteiger partial charge is 0.464 e. The highest BCUT2D eigenvalue weighted by atomic mass is 32.1. The maximum absolute atomic E-state index is 16.6. The Kier molecular flexibility index (Phi) is 10.6. The number of likely N-dealkylation sites (tertiary alicyclic amines) is 1. The number of halogens is 1. The zero-order valence-electron chi connectivity index (χ0n) is 34.2. The van der Waals surface area contributed by atoms with Crippen LogP contribution in [0.5, 0.6) is 5.75 Å². The van der Waals surface area contributed by atoms with Gasteiger partial charge in [0.2, 0.25) is 12.1 Å². The van der Waals surface area contributed by atoms with E-state index in [0.717, 1.165) is 57.7 Å². The third-order valence-electron chi connectivity index (χ3n) is 10.6. The van der Waals surface area contributed by atoms with Gasteiger partial charge >= 0.3 is 6.09 Å². The average Bonchev–Trinajstić information content (AvgIpc) is 4.02. The van der Waals surface area contributed by atoms with Crippen LogP contribution in [0.2, 0.25) is 0 Å². The molecule has 2 unspecified atom stereocenters. The van der Waals surface area contributed by atoms with Crippen molar-refractivity contribution >= 4 is 34.2 Å². The van der Waals surface area contributed by atoms with Gasteiger partial charge < -0.3 is 24.3 Å². The van der Waals surface area contributed by atoms with Crippen LogP contribution in [0.4, 0.5) is 9.18 Å². The lowest BCUT2D eigenvalue weighted by Crippen LogP contribution is -2.36. The fourth-order valence-electron chi connectivity index (χ4n) is 7.94. The Hall–Kier alpha value is -5.50. The summed E-state index contributed by atoms with van der Waals surface area (Å²) < 4.78 is 31.1. The van der Waals surface area contributed by atoms with Crippen LogP contribution in [-0.4, -0.2) is 70.0 Å². The summed E-state index contributed by atoms with van der Waals surface area (Å²) in [7, 11) is 0. The van der Waals surface area contributed by atoms with Gasteiger partial charge in [-0.05, 0) is 82.7 Å². The molecule has 0 radical (unpaired) electrons. The number of fused-ring (bicyclic) bond motifs is 5. The van der Waals surface area contributed by atoms with E-state index < -0.39 is 17.6 Å². The number of aryl methyl sites for hydroxylation is 1. The van der Waals surface area contributed by atoms with Gasteiger partial charge in [0, 0.05) is 42.2 Å². The van der Waals surface area contributed by atoms with Gasteiger partial charge in [-0.2, -0.15) is 0 Å². The lowest BCUT2D eigenvalue weighted by Gasteiger charge is -2.29. The van der Waals surface area contributed by atoms with E-state index in [1.165, 1.54) is 6.07 Å². The molecule has 0 bridgehead atoms. The number of nitrogens with zero attached hydrogens (tertiary/aromatic N) is 6. The molecule has 0 spiro atoms. The molecule has 2 aliphatic rings. The number of carbonyl (C=O) groups excluding carboxylic acids is 2. The standard InChI is InChI=1S/C44H51FN8O4S/c1-8-14-51(39(54)16-25(3)4)24-37-46-21-31(49-37)27-18-29(45)40-34-19-28-17-26(30-22-48-41(50-30)33-11-10-15-52(33)43(55)57-44(5,6)7)12-13-32(28)53(34)42(56-35(40)20-27)36-23-47-38(9-2)58-36/h12-13,17-23,25,33,42H,8-11,14-16,24H2,1-7H3,(H,46,49)(H,48,50). The van der Waals surface area contributed by atoms with E-state index in [1.54, 1.807) is 28.6 Å². The molecule has 4 aromatic heterocycles. The molecule has 2 amide bonds. The molecule has 2 atom stereocenters. The van der Waals surface area contributed by atoms with Crippen molar-refractivity contribution in [3.8, 4) is 39.5 Å². The van der Waals surface area contributed by atoms with Gasteiger partial charge in [-0.25, -0.2) is 24.1 Å². The molecule has 6 heterocycles. The molecule has 1 fully saturated rings. The number of nitrogens with one attached hydrogen (secondary N) is 2. The molecule has 14 heteroatoms. The highest BCUT2D eigenvalue weighted by molar-refractivity contribution is 7.11. The molecule has 2 aliphatic heterocycles. The Bertz CT molecular complexity index is 2470. The number of benzene rings is 2. The van der Waals surface area contributed by atoms with Gasteiger partial charge in [-0.3, -0.25) is 14.3 Å². The predicted molar refractivity (Wildman–Crippen MR) is 223 cm³/mol. The minimum atomic E-state index is -0.588. The molecule has 58 heavy (non-hydrogen) atoms. The first-order valence-corrected chi connectivity index (χ1v) is 21.1. The number of rotatable bonds is 11. The molecule has 6 aromatic rings. The molecule has 0 aliphatic carbocycles. The Morgan fingerprint density at radius 1 is 1.03 bits per heavy atom. The number of amides is 2. The Labute approximate surface area is 341 Å². The molecular weight excluding hydrogens is 756 g/mol. The van der Waals surface area contributed by atoms with E-state index in [4.69, 9.17) is 14.5 Å². The predicted octanol–water partition coefficient (Wildman–Crippen LogP) is 10.0. The summed E-state index contributed by atoms with van der Waals surface area (Å²) in [6.07, 6.45) is 8.18. The van der Waals surface area contributed by atoms with Crippen molar-refractivity contribution in [2.24, 2.45) is 5.92 Å². The second kappa shape index (κ2) is 15.7. The quantitative estimate of drug-likeness (QED) is 0.133. The van der Waals surface area contributed by atoms with Crippen LogP contribution in [0.25, 0.3) is 44.7 Å². The fourth-order valence-corrected chi connectivity index (χ4v) is 8.82. The molecule has 8 rings (SSSR count). The molecule has 2 aromatic carbocycles. The Balaban J connectivity index is 1.13. The van der Waals surface area contributed by atoms with Crippen LogP contribution >= 0.6 is 11.3 Å². The maximum atomic E-state index is 16.6. The van der Waals surface area contributed by atoms with Crippen LogP contribution in [0.3, 0.4) is 0 Å². The summed E-state index contributed by atoms with van der Waals surface area (Å²) in [5.74, 6) is 1.70. The zero-order chi connectivity index (χ0) is 40.9. The lowest BCUT2D eigenvalue weighted by molar-refractivity contribution is -0.132. The Morgan fingerprint density at radius 2 is 1.83 bits per heavy atom. The summed E-state index contributed by atoms with van der Waals surface area (Å²) >= 11 is 1.58. The third-order valence-corrected chi connectivity index (χ3v) is 11.7. The second-order valence-corrected chi connectivity index (χ2v) is 17.8. The van der Waals surface area contributed by atoms with Gasteiger partial charge in [0.25, 0.3) is 0 Å². The van der Waals surface area contributed by atoms with Crippen molar-refractivity contribution in [3.05, 3.63) is 82.3 Å². The zero-order valence-corrected chi connectivity index (χ0v) is 35.0. The van der Waals surface area contributed by atoms with E-state index in [0.29, 0.717) is 66.0 Å². The minimum absolute atomic E-state index is 0.0934. The van der Waals surface area contributed by atoms with Crippen LogP contribution < -0.4 is 4.74 Å². The number of thiazole rings is 1. The normalized spacial score (nSPS) is 16.5. The van der Waals surface area contributed by atoms with Gasteiger partial charge in [0.1, 0.15) is 28.8 Å². The van der Waals surface area contributed by atoms with E-state index in [1.807, 2.05) is 70.0 Å². The molecule has 304 valence electrons. The van der Waals surface area contributed by atoms with E-state index in [-0.39, 0.29) is 24.0 Å². The first-order valence-electron chi connectivity index (χ1n) is 20.3. The van der Waals surface area contributed by atoms with Gasteiger partial charge in [0.05, 0.1) is 63.0 Å². The number of H-pyrrole nitrogens is 2. The molecule has 1 saturated heterocycles. The van der Waals surface area contributed by atoms with Crippen LogP contribution in [0.15, 0.2) is 55.0 Å². The molecular formula is C44H51FN8O4S. The van der Waals surface area contributed by atoms with Crippen LogP contribution in [0.1, 0.15) is 108 Å². The number of carbonyl (C=O) groups is 2. The summed E-state index contributed by atoms with van der Waals surface area (Å²) in [6.45, 7) is 15.4. The summed E-state index contributed by atoms with van der Waals surface area (Å²) in [5, 5.41) is 1.90. The van der Waals surface area contributed by atoms with E-state index in [2.05, 4.69) is 44.4 Å². The number of hydrogen-bond donors (Lipinski definition) is 2. The van der Waals surface area contributed by atoms with Crippen molar-refractivity contribution in [3.63, 3.8) is 0 Å². The van der Waals surface area contributed by atoms with E-state index in [9.17, 15) is 9.59 Å². The van der Waals surface area contributed by atoms with Gasteiger partial charge in [-0.1, -0.05) is 33.8 Å². The maximum Gasteiger partial charge on any atom is 0.410 e. The van der Waals surface area contributed by atoms with Crippen molar-refractivity contribution in [2.45, 2.75) is 105 Å². The van der Waals surface area contributed by atoms with Crippen LogP contribution in [-0.2, 0) is 22.5 Å². The van der Waals surface area contributed by atoms with Crippen LogP contribution in [0, 0.1) is 11.7 Å². The number of aromatic nitrogens is 6. The van der Waals surface area contributed by atoms with Crippen molar-refractivity contribution in [1.29, 1.82) is 0 Å². The third kappa shape index (κ3) is 7.73. The van der Waals surface area contributed by atoms with Crippen molar-refractivity contribution < 1.29 is 23.5 Å². The summed E-state index contributed by atoms with van der Waals surface area (Å²) in [6, 6.07) is 11.3. The second-order valence-electron chi connectivity index (χ2n) is 16.7. The number of ether oxygens (including phenoxy) is 2. The fraction of sp³-hybridized carbons (Fsp3) is 0.432. The smallest absolute Gasteiger partial charge is 0.410 e. The highest BCUT2D eigenvalue weighted by Crippen LogP contribution is 2.48. The van der Waals surface area contributed by atoms with E-state index >= 15 is 4.39 Å². The topological polar surface area (TPSA) is 134 Å². The molecule has 0 saturated carbocycles. The number of imidazole rings is 2. The first kappa shape index (κ1) is 39.3. The highest BCUT2D eigenvalue weighted by Gasteiger charge is 2.36. The number of aromatic amines is 2. The summed E-state index contributed by atoms with van der Waals surface area (Å²) in [4.78, 5) is 51.2. The minimum Gasteiger partial charge on any atom is -0.464 e.